The third-order valence-corrected chi connectivity index (χ3v) is 3.79. The number of methoxy groups -OCH3 is 2. The fraction of sp³-hybridized carbons (Fsp3) is 0.133. The van der Waals surface area contributed by atoms with Gasteiger partial charge in [0.2, 0.25) is 0 Å². The van der Waals surface area contributed by atoms with E-state index in [4.69, 9.17) is 32.7 Å². The molecule has 9 heteroatoms. The molecule has 0 aliphatic heterocycles. The first kappa shape index (κ1) is 17.8. The van der Waals surface area contributed by atoms with Gasteiger partial charge in [0.1, 0.15) is 0 Å². The molecule has 0 aliphatic carbocycles. The maximum Gasteiger partial charge on any atom is 0.282 e. The summed E-state index contributed by atoms with van der Waals surface area (Å²) in [6, 6.07) is 7.62. The number of ether oxygens (including phenoxy) is 2. The van der Waals surface area contributed by atoms with Crippen molar-refractivity contribution in [1.29, 1.82) is 0 Å². The monoisotopic (exact) mass is 369 g/mol. The number of nitro benzene ring substituents is 1. The van der Waals surface area contributed by atoms with E-state index < -0.39 is 4.92 Å². The van der Waals surface area contributed by atoms with Crippen LogP contribution in [0.1, 0.15) is 5.56 Å². The van der Waals surface area contributed by atoms with Gasteiger partial charge in [-0.2, -0.15) is 5.10 Å². The summed E-state index contributed by atoms with van der Waals surface area (Å²) in [7, 11) is 2.85. The van der Waals surface area contributed by atoms with Crippen LogP contribution in [-0.4, -0.2) is 25.4 Å². The Morgan fingerprint density at radius 2 is 1.79 bits per heavy atom. The van der Waals surface area contributed by atoms with Crippen molar-refractivity contribution in [2.75, 3.05) is 19.6 Å². The minimum absolute atomic E-state index is 0.160. The lowest BCUT2D eigenvalue weighted by atomic mass is 10.1. The third kappa shape index (κ3) is 4.06. The van der Waals surface area contributed by atoms with Gasteiger partial charge in [-0.1, -0.05) is 23.2 Å². The molecule has 2 aromatic rings. The van der Waals surface area contributed by atoms with Crippen molar-refractivity contribution in [2.45, 2.75) is 0 Å². The number of nitrogens with zero attached hydrogens (tertiary/aromatic N) is 2. The Labute approximate surface area is 147 Å². The minimum Gasteiger partial charge on any atom is -0.493 e. The number of hydrogen-bond donors (Lipinski definition) is 1. The second kappa shape index (κ2) is 7.85. The Kier molecular flexibility index (Phi) is 5.83. The fourth-order valence-electron chi connectivity index (χ4n) is 1.89. The van der Waals surface area contributed by atoms with Crippen LogP contribution in [0.25, 0.3) is 0 Å². The molecular weight excluding hydrogens is 357 g/mol. The smallest absolute Gasteiger partial charge is 0.282 e. The molecule has 24 heavy (non-hydrogen) atoms. The summed E-state index contributed by atoms with van der Waals surface area (Å²) in [5.41, 5.74) is 3.41. The lowest BCUT2D eigenvalue weighted by Gasteiger charge is -2.08. The molecule has 7 nitrogen and oxygen atoms in total. The quantitative estimate of drug-likeness (QED) is 0.464. The molecule has 0 fully saturated rings. The summed E-state index contributed by atoms with van der Waals surface area (Å²) in [4.78, 5) is 10.7. The predicted octanol–water partition coefficient (Wildman–Crippen LogP) is 4.36. The van der Waals surface area contributed by atoms with Crippen molar-refractivity contribution in [3.05, 3.63) is 56.1 Å². The summed E-state index contributed by atoms with van der Waals surface area (Å²) in [5.74, 6) is 0.623. The number of hydrazone groups is 1. The molecule has 0 radical (unpaired) electrons. The van der Waals surface area contributed by atoms with E-state index in [0.717, 1.165) is 0 Å². The number of halogens is 2. The van der Waals surface area contributed by atoms with Crippen LogP contribution in [0.15, 0.2) is 35.4 Å². The van der Waals surface area contributed by atoms with Crippen LogP contribution in [0.3, 0.4) is 0 Å². The molecule has 2 aromatic carbocycles. The SMILES string of the molecule is COc1cc(/C=N\Nc2ccc(Cl)c(Cl)c2)c([N+](=O)[O-])cc1OC. The summed E-state index contributed by atoms with van der Waals surface area (Å²) in [6.07, 6.45) is 1.31. The van der Waals surface area contributed by atoms with Gasteiger partial charge in [-0.15, -0.1) is 0 Å². The highest BCUT2D eigenvalue weighted by Crippen LogP contribution is 2.33. The van der Waals surface area contributed by atoms with Gasteiger partial charge in [-0.3, -0.25) is 15.5 Å². The summed E-state index contributed by atoms with van der Waals surface area (Å²) in [6.45, 7) is 0. The van der Waals surface area contributed by atoms with E-state index in [0.29, 0.717) is 21.5 Å². The van der Waals surface area contributed by atoms with Crippen molar-refractivity contribution in [1.82, 2.24) is 0 Å². The molecule has 0 amide bonds. The van der Waals surface area contributed by atoms with Crippen LogP contribution in [0.4, 0.5) is 11.4 Å². The Hall–Kier alpha value is -2.51. The molecule has 0 unspecified atom stereocenters. The minimum atomic E-state index is -0.525. The van der Waals surface area contributed by atoms with Crippen molar-refractivity contribution < 1.29 is 14.4 Å². The first-order valence-corrected chi connectivity index (χ1v) is 7.36. The van der Waals surface area contributed by atoms with Gasteiger partial charge >= 0.3 is 0 Å². The molecule has 0 saturated heterocycles. The summed E-state index contributed by atoms with van der Waals surface area (Å²) < 4.78 is 10.2. The lowest BCUT2D eigenvalue weighted by Crippen LogP contribution is -2.00. The molecule has 1 N–H and O–H groups in total. The standard InChI is InChI=1S/C15H13Cl2N3O4/c1-23-14-5-9(13(20(21)22)7-15(14)24-2)8-18-19-10-3-4-11(16)12(17)6-10/h3-8,19H,1-2H3/b18-8-. The van der Waals surface area contributed by atoms with E-state index in [1.807, 2.05) is 0 Å². The third-order valence-electron chi connectivity index (χ3n) is 3.05. The first-order chi connectivity index (χ1) is 11.5. The van der Waals surface area contributed by atoms with Crippen LogP contribution in [-0.2, 0) is 0 Å². The zero-order valence-corrected chi connectivity index (χ0v) is 14.3. The maximum absolute atomic E-state index is 11.2. The van der Waals surface area contributed by atoms with Crippen LogP contribution in [0.5, 0.6) is 11.5 Å². The van der Waals surface area contributed by atoms with E-state index in [1.54, 1.807) is 18.2 Å². The highest BCUT2D eigenvalue weighted by atomic mass is 35.5. The molecule has 0 aliphatic rings. The Balaban J connectivity index is 2.29. The van der Waals surface area contributed by atoms with Gasteiger partial charge in [0.05, 0.1) is 52.7 Å². The molecule has 0 atom stereocenters. The topological polar surface area (TPSA) is 86.0 Å². The average molecular weight is 370 g/mol. The van der Waals surface area contributed by atoms with E-state index in [1.165, 1.54) is 32.6 Å². The van der Waals surface area contributed by atoms with Gasteiger partial charge < -0.3 is 9.47 Å². The van der Waals surface area contributed by atoms with Gasteiger partial charge in [-0.25, -0.2) is 0 Å². The van der Waals surface area contributed by atoms with E-state index in [9.17, 15) is 10.1 Å². The summed E-state index contributed by atoms with van der Waals surface area (Å²) in [5, 5.41) is 16.0. The molecule has 126 valence electrons. The van der Waals surface area contributed by atoms with E-state index in [2.05, 4.69) is 10.5 Å². The highest BCUT2D eigenvalue weighted by molar-refractivity contribution is 6.42. The molecule has 0 aromatic heterocycles. The number of nitro groups is 1. The second-order valence-electron chi connectivity index (χ2n) is 4.52. The summed E-state index contributed by atoms with van der Waals surface area (Å²) >= 11 is 11.7. The number of benzene rings is 2. The zero-order chi connectivity index (χ0) is 17.7. The van der Waals surface area contributed by atoms with Crippen molar-refractivity contribution in [3.63, 3.8) is 0 Å². The Morgan fingerprint density at radius 3 is 2.38 bits per heavy atom. The molecule has 0 heterocycles. The maximum atomic E-state index is 11.2. The number of nitrogens with one attached hydrogen (secondary N) is 1. The van der Waals surface area contributed by atoms with Crippen molar-refractivity contribution in [2.24, 2.45) is 5.10 Å². The van der Waals surface area contributed by atoms with Crippen LogP contribution in [0.2, 0.25) is 10.0 Å². The van der Waals surface area contributed by atoms with Crippen molar-refractivity contribution in [3.8, 4) is 11.5 Å². The average Bonchev–Trinajstić information content (AvgIpc) is 2.57. The lowest BCUT2D eigenvalue weighted by molar-refractivity contribution is -0.385. The second-order valence-corrected chi connectivity index (χ2v) is 5.34. The van der Waals surface area contributed by atoms with Gasteiger partial charge in [-0.05, 0) is 24.3 Å². The van der Waals surface area contributed by atoms with Crippen molar-refractivity contribution >= 4 is 40.8 Å². The number of anilines is 1. The molecule has 0 saturated carbocycles. The van der Waals surface area contributed by atoms with Gasteiger partial charge in [0.15, 0.2) is 11.5 Å². The number of hydrogen-bond acceptors (Lipinski definition) is 6. The van der Waals surface area contributed by atoms with E-state index in [-0.39, 0.29) is 17.0 Å². The van der Waals surface area contributed by atoms with Gasteiger partial charge in [0, 0.05) is 0 Å². The molecular formula is C15H13Cl2N3O4. The Morgan fingerprint density at radius 1 is 1.12 bits per heavy atom. The van der Waals surface area contributed by atoms with E-state index >= 15 is 0 Å². The fourth-order valence-corrected chi connectivity index (χ4v) is 2.19. The molecule has 2 rings (SSSR count). The van der Waals surface area contributed by atoms with Crippen LogP contribution in [0, 0.1) is 10.1 Å². The normalized spacial score (nSPS) is 10.7. The van der Waals surface area contributed by atoms with Crippen LogP contribution >= 0.6 is 23.2 Å². The molecule has 0 spiro atoms. The predicted molar refractivity (Wildman–Crippen MR) is 93.9 cm³/mol. The molecule has 0 bridgehead atoms. The Bertz CT molecular complexity index is 797. The highest BCUT2D eigenvalue weighted by Gasteiger charge is 2.18. The largest absolute Gasteiger partial charge is 0.493 e. The van der Waals surface area contributed by atoms with Crippen LogP contribution < -0.4 is 14.9 Å². The van der Waals surface area contributed by atoms with Gasteiger partial charge in [0.25, 0.3) is 5.69 Å². The number of rotatable bonds is 6. The zero-order valence-electron chi connectivity index (χ0n) is 12.7. The first-order valence-electron chi connectivity index (χ1n) is 6.60.